The average molecular weight is 256 g/mol. The summed E-state index contributed by atoms with van der Waals surface area (Å²) < 4.78 is 0. The molecule has 3 aliphatic rings. The molecule has 0 amide bonds. The minimum absolute atomic E-state index is 0.548. The molecule has 2 fully saturated rings. The first kappa shape index (κ1) is 11.9. The molecule has 0 aliphatic heterocycles. The quantitative estimate of drug-likeness (QED) is 0.642. The van der Waals surface area contributed by atoms with Crippen LogP contribution in [-0.4, -0.2) is 6.04 Å². The molecule has 0 aromatic heterocycles. The Morgan fingerprint density at radius 1 is 1.21 bits per heavy atom. The van der Waals surface area contributed by atoms with Gasteiger partial charge in [0.1, 0.15) is 0 Å². The molecule has 3 N–H and O–H groups in total. The second kappa shape index (κ2) is 4.60. The Bertz CT molecular complexity index is 466. The number of fused-ring (bicyclic) bond motifs is 3. The van der Waals surface area contributed by atoms with Crippen molar-refractivity contribution in [2.24, 2.45) is 23.6 Å². The Morgan fingerprint density at radius 2 is 2.05 bits per heavy atom. The van der Waals surface area contributed by atoms with Crippen molar-refractivity contribution in [1.82, 2.24) is 5.43 Å². The van der Waals surface area contributed by atoms with Gasteiger partial charge in [0, 0.05) is 6.04 Å². The van der Waals surface area contributed by atoms with Crippen LogP contribution < -0.4 is 11.3 Å². The lowest BCUT2D eigenvalue weighted by Crippen LogP contribution is -2.40. The summed E-state index contributed by atoms with van der Waals surface area (Å²) in [7, 11) is 0. The summed E-state index contributed by atoms with van der Waals surface area (Å²) in [5, 5.41) is 0. The van der Waals surface area contributed by atoms with E-state index in [1.54, 1.807) is 11.1 Å². The second-order valence-electron chi connectivity index (χ2n) is 6.81. The molecule has 0 saturated heterocycles. The van der Waals surface area contributed by atoms with Crippen molar-refractivity contribution in [3.63, 3.8) is 0 Å². The summed E-state index contributed by atoms with van der Waals surface area (Å²) in [4.78, 5) is 0. The molecule has 0 heterocycles. The van der Waals surface area contributed by atoms with Gasteiger partial charge in [-0.3, -0.25) is 11.3 Å². The highest BCUT2D eigenvalue weighted by Gasteiger charge is 2.56. The number of hydrogen-bond acceptors (Lipinski definition) is 2. The molecule has 2 saturated carbocycles. The molecule has 19 heavy (non-hydrogen) atoms. The van der Waals surface area contributed by atoms with Gasteiger partial charge in [-0.05, 0) is 54.1 Å². The zero-order chi connectivity index (χ0) is 12.8. The fourth-order valence-electron chi connectivity index (χ4n) is 4.59. The van der Waals surface area contributed by atoms with Gasteiger partial charge in [0.25, 0.3) is 0 Å². The third kappa shape index (κ3) is 1.93. The molecule has 0 bridgehead atoms. The van der Waals surface area contributed by atoms with E-state index in [-0.39, 0.29) is 0 Å². The van der Waals surface area contributed by atoms with Crippen LogP contribution in [0.3, 0.4) is 0 Å². The van der Waals surface area contributed by atoms with E-state index >= 15 is 0 Å². The van der Waals surface area contributed by atoms with Crippen molar-refractivity contribution in [2.75, 3.05) is 0 Å². The van der Waals surface area contributed by atoms with Gasteiger partial charge in [-0.1, -0.05) is 43.5 Å². The van der Waals surface area contributed by atoms with Crippen molar-refractivity contribution in [1.29, 1.82) is 0 Å². The zero-order valence-corrected chi connectivity index (χ0v) is 11.5. The van der Waals surface area contributed by atoms with Crippen LogP contribution in [0.1, 0.15) is 49.1 Å². The zero-order valence-electron chi connectivity index (χ0n) is 11.5. The van der Waals surface area contributed by atoms with E-state index in [0.717, 1.165) is 23.7 Å². The molecule has 4 atom stereocenters. The first-order chi connectivity index (χ1) is 9.38. The van der Waals surface area contributed by atoms with E-state index < -0.39 is 0 Å². The molecule has 2 heteroatoms. The fraction of sp³-hybridized carbons (Fsp3) is 0.647. The Morgan fingerprint density at radius 3 is 2.79 bits per heavy atom. The molecular weight excluding hydrogens is 232 g/mol. The molecule has 4 rings (SSSR count). The number of hydrazine groups is 1. The lowest BCUT2D eigenvalue weighted by molar-refractivity contribution is 0.244. The van der Waals surface area contributed by atoms with Gasteiger partial charge in [-0.15, -0.1) is 0 Å². The molecular formula is C17H24N2. The molecule has 3 aliphatic carbocycles. The highest BCUT2D eigenvalue weighted by molar-refractivity contribution is 5.40. The molecule has 2 nitrogen and oxygen atoms in total. The van der Waals surface area contributed by atoms with Crippen molar-refractivity contribution >= 4 is 0 Å². The van der Waals surface area contributed by atoms with Crippen LogP contribution in [0.25, 0.3) is 0 Å². The van der Waals surface area contributed by atoms with Crippen LogP contribution in [-0.2, 0) is 6.42 Å². The molecule has 1 aromatic carbocycles. The number of aryl methyl sites for hydroxylation is 1. The highest BCUT2D eigenvalue weighted by Crippen LogP contribution is 2.62. The largest absolute Gasteiger partial charge is 0.271 e. The normalized spacial score (nSPS) is 34.1. The van der Waals surface area contributed by atoms with Gasteiger partial charge in [0.15, 0.2) is 0 Å². The molecule has 0 spiro atoms. The Hall–Kier alpha value is -0.860. The monoisotopic (exact) mass is 256 g/mol. The van der Waals surface area contributed by atoms with Crippen LogP contribution in [0, 0.1) is 17.8 Å². The smallest absolute Gasteiger partial charge is 0.0250 e. The van der Waals surface area contributed by atoms with E-state index in [1.807, 2.05) is 0 Å². The summed E-state index contributed by atoms with van der Waals surface area (Å²) in [6.07, 6.45) is 8.23. The fourth-order valence-corrected chi connectivity index (χ4v) is 4.59. The molecule has 4 unspecified atom stereocenters. The summed E-state index contributed by atoms with van der Waals surface area (Å²) in [6.45, 7) is 0. The number of benzene rings is 1. The first-order valence-corrected chi connectivity index (χ1v) is 7.92. The number of nitrogens with two attached hydrogens (primary N) is 1. The van der Waals surface area contributed by atoms with E-state index in [2.05, 4.69) is 29.7 Å². The van der Waals surface area contributed by atoms with Gasteiger partial charge in [0.05, 0.1) is 0 Å². The summed E-state index contributed by atoms with van der Waals surface area (Å²) in [5.74, 6) is 9.31. The van der Waals surface area contributed by atoms with Gasteiger partial charge in [0.2, 0.25) is 0 Å². The van der Waals surface area contributed by atoms with Gasteiger partial charge in [-0.2, -0.15) is 0 Å². The Kier molecular flexibility index (Phi) is 2.89. The Labute approximate surface area is 115 Å². The topological polar surface area (TPSA) is 38.0 Å². The molecule has 102 valence electrons. The maximum atomic E-state index is 5.87. The molecule has 0 radical (unpaired) electrons. The summed E-state index contributed by atoms with van der Waals surface area (Å²) in [5.41, 5.74) is 6.36. The van der Waals surface area contributed by atoms with Crippen molar-refractivity contribution in [3.05, 3.63) is 35.4 Å². The van der Waals surface area contributed by atoms with Gasteiger partial charge < -0.3 is 0 Å². The highest BCUT2D eigenvalue weighted by atomic mass is 15.2. The first-order valence-electron chi connectivity index (χ1n) is 7.92. The maximum Gasteiger partial charge on any atom is 0.0250 e. The standard InChI is InChI=1S/C17H24N2/c18-19-15(10-11-4-3-5-11)17-14-9-8-12-6-1-2-7-13(12)16(14)17/h1-2,6-7,11,14-17,19H,3-5,8-10,18H2. The van der Waals surface area contributed by atoms with Crippen molar-refractivity contribution < 1.29 is 0 Å². The number of rotatable bonds is 4. The third-order valence-electron chi connectivity index (χ3n) is 5.88. The van der Waals surface area contributed by atoms with Crippen LogP contribution in [0.2, 0.25) is 0 Å². The number of hydrogen-bond donors (Lipinski definition) is 2. The summed E-state index contributed by atoms with van der Waals surface area (Å²) in [6, 6.07) is 9.60. The lowest BCUT2D eigenvalue weighted by atomic mass is 9.80. The van der Waals surface area contributed by atoms with Crippen LogP contribution >= 0.6 is 0 Å². The lowest BCUT2D eigenvalue weighted by Gasteiger charge is -2.29. The van der Waals surface area contributed by atoms with Gasteiger partial charge in [-0.25, -0.2) is 0 Å². The predicted molar refractivity (Wildman–Crippen MR) is 77.6 cm³/mol. The summed E-state index contributed by atoms with van der Waals surface area (Å²) >= 11 is 0. The average Bonchev–Trinajstić information content (AvgIpc) is 3.13. The minimum Gasteiger partial charge on any atom is -0.271 e. The van der Waals surface area contributed by atoms with Crippen molar-refractivity contribution in [2.45, 2.75) is 50.5 Å². The SMILES string of the molecule is NNC(CC1CCC1)C1C2CCc3ccccc3C21. The maximum absolute atomic E-state index is 5.87. The molecule has 1 aromatic rings. The van der Waals surface area contributed by atoms with Crippen molar-refractivity contribution in [3.8, 4) is 0 Å². The number of nitrogens with one attached hydrogen (secondary N) is 1. The Balaban J connectivity index is 1.52. The van der Waals surface area contributed by atoms with E-state index in [4.69, 9.17) is 5.84 Å². The van der Waals surface area contributed by atoms with E-state index in [9.17, 15) is 0 Å². The second-order valence-corrected chi connectivity index (χ2v) is 6.81. The van der Waals surface area contributed by atoms with E-state index in [1.165, 1.54) is 38.5 Å². The third-order valence-corrected chi connectivity index (χ3v) is 5.88. The van der Waals surface area contributed by atoms with Crippen LogP contribution in [0.15, 0.2) is 24.3 Å². The van der Waals surface area contributed by atoms with Crippen LogP contribution in [0.5, 0.6) is 0 Å². The predicted octanol–water partition coefficient (Wildman–Crippen LogP) is 2.98. The van der Waals surface area contributed by atoms with Crippen LogP contribution in [0.4, 0.5) is 0 Å². The van der Waals surface area contributed by atoms with Gasteiger partial charge >= 0.3 is 0 Å². The minimum atomic E-state index is 0.548. The van der Waals surface area contributed by atoms with E-state index in [0.29, 0.717) is 6.04 Å².